The molecule has 1 fully saturated rings. The van der Waals surface area contributed by atoms with Crippen molar-refractivity contribution in [2.75, 3.05) is 0 Å². The monoisotopic (exact) mass is 282 g/mol. The van der Waals surface area contributed by atoms with E-state index in [1.54, 1.807) is 0 Å². The molecule has 2 amide bonds. The van der Waals surface area contributed by atoms with E-state index in [1.165, 1.54) is 23.6 Å². The fraction of sp³-hybridized carbons (Fsp3) is 0.389. The molecule has 1 aliphatic carbocycles. The Bertz CT molecular complexity index is 632. The molecule has 0 radical (unpaired) electrons. The highest BCUT2D eigenvalue weighted by Crippen LogP contribution is 2.21. The molecular weight excluding hydrogens is 260 g/mol. The number of rotatable bonds is 3. The molecule has 0 saturated heterocycles. The van der Waals surface area contributed by atoms with E-state index in [2.05, 4.69) is 41.0 Å². The van der Waals surface area contributed by atoms with Crippen LogP contribution >= 0.6 is 0 Å². The number of hydrogen-bond donors (Lipinski definition) is 2. The van der Waals surface area contributed by atoms with Gasteiger partial charge in [0.2, 0.25) is 0 Å². The van der Waals surface area contributed by atoms with Crippen LogP contribution in [0.25, 0.3) is 10.8 Å². The first-order chi connectivity index (χ1) is 10.2. The fourth-order valence-corrected chi connectivity index (χ4v) is 3.05. The summed E-state index contributed by atoms with van der Waals surface area (Å²) >= 11 is 0. The number of benzene rings is 2. The molecule has 0 spiro atoms. The van der Waals surface area contributed by atoms with Gasteiger partial charge in [-0.2, -0.15) is 0 Å². The quantitative estimate of drug-likeness (QED) is 0.872. The maximum absolute atomic E-state index is 12.0. The van der Waals surface area contributed by atoms with E-state index in [9.17, 15) is 4.79 Å². The molecule has 0 unspecified atom stereocenters. The van der Waals surface area contributed by atoms with Crippen molar-refractivity contribution in [3.8, 4) is 0 Å². The van der Waals surface area contributed by atoms with Crippen LogP contribution in [0, 0.1) is 0 Å². The van der Waals surface area contributed by atoms with Crippen molar-refractivity contribution < 1.29 is 4.79 Å². The molecule has 3 rings (SSSR count). The van der Waals surface area contributed by atoms with Gasteiger partial charge in [0.15, 0.2) is 0 Å². The molecular formula is C18H22N2O. The van der Waals surface area contributed by atoms with Crippen LogP contribution in [0.5, 0.6) is 0 Å². The fourth-order valence-electron chi connectivity index (χ4n) is 3.05. The van der Waals surface area contributed by atoms with Gasteiger partial charge in [0.1, 0.15) is 0 Å². The maximum Gasteiger partial charge on any atom is 0.315 e. The molecule has 2 N–H and O–H groups in total. The average Bonchev–Trinajstić information content (AvgIpc) is 2.99. The average molecular weight is 282 g/mol. The lowest BCUT2D eigenvalue weighted by molar-refractivity contribution is 0.234. The van der Waals surface area contributed by atoms with E-state index in [-0.39, 0.29) is 12.1 Å². The van der Waals surface area contributed by atoms with E-state index in [0.29, 0.717) is 6.04 Å². The van der Waals surface area contributed by atoms with E-state index in [0.717, 1.165) is 18.4 Å². The maximum atomic E-state index is 12.0. The lowest BCUT2D eigenvalue weighted by Gasteiger charge is -2.18. The Morgan fingerprint density at radius 1 is 1.10 bits per heavy atom. The van der Waals surface area contributed by atoms with Crippen LogP contribution in [0.1, 0.15) is 44.2 Å². The smallest absolute Gasteiger partial charge is 0.315 e. The molecule has 0 bridgehead atoms. The van der Waals surface area contributed by atoms with Crippen molar-refractivity contribution >= 4 is 16.8 Å². The minimum absolute atomic E-state index is 0.0102. The second-order valence-electron chi connectivity index (χ2n) is 5.93. The predicted octanol–water partition coefficient (Wildman–Crippen LogP) is 4.14. The van der Waals surface area contributed by atoms with Crippen molar-refractivity contribution in [1.29, 1.82) is 0 Å². The van der Waals surface area contributed by atoms with Gasteiger partial charge >= 0.3 is 6.03 Å². The second-order valence-corrected chi connectivity index (χ2v) is 5.93. The Labute approximate surface area is 125 Å². The van der Waals surface area contributed by atoms with Crippen molar-refractivity contribution in [2.45, 2.75) is 44.7 Å². The van der Waals surface area contributed by atoms with Crippen molar-refractivity contribution in [1.82, 2.24) is 10.6 Å². The van der Waals surface area contributed by atoms with Crippen LogP contribution < -0.4 is 10.6 Å². The predicted molar refractivity (Wildman–Crippen MR) is 86.3 cm³/mol. The molecule has 1 saturated carbocycles. The summed E-state index contributed by atoms with van der Waals surface area (Å²) in [7, 11) is 0. The summed E-state index contributed by atoms with van der Waals surface area (Å²) in [6, 6.07) is 14.9. The highest BCUT2D eigenvalue weighted by atomic mass is 16.2. The lowest BCUT2D eigenvalue weighted by atomic mass is 10.0. The van der Waals surface area contributed by atoms with E-state index in [1.807, 2.05) is 19.1 Å². The topological polar surface area (TPSA) is 41.1 Å². The van der Waals surface area contributed by atoms with Gasteiger partial charge in [-0.15, -0.1) is 0 Å². The summed E-state index contributed by atoms with van der Waals surface area (Å²) < 4.78 is 0. The zero-order chi connectivity index (χ0) is 14.7. The van der Waals surface area contributed by atoms with E-state index >= 15 is 0 Å². The number of hydrogen-bond acceptors (Lipinski definition) is 1. The van der Waals surface area contributed by atoms with Gasteiger partial charge in [0.25, 0.3) is 0 Å². The molecule has 2 aromatic carbocycles. The normalized spacial score (nSPS) is 16.8. The number of amides is 2. The molecule has 0 heterocycles. The SMILES string of the molecule is C[C@@H](NC(=O)NC1CCCC1)c1ccc2ccccc2c1. The number of urea groups is 1. The van der Waals surface area contributed by atoms with Gasteiger partial charge in [-0.3, -0.25) is 0 Å². The van der Waals surface area contributed by atoms with E-state index < -0.39 is 0 Å². The third kappa shape index (κ3) is 3.35. The Hall–Kier alpha value is -2.03. The number of nitrogens with one attached hydrogen (secondary N) is 2. The van der Waals surface area contributed by atoms with Gasteiger partial charge in [-0.1, -0.05) is 49.2 Å². The summed E-state index contributed by atoms with van der Waals surface area (Å²) in [5.74, 6) is 0. The number of carbonyl (C=O) groups is 1. The van der Waals surface area contributed by atoms with Gasteiger partial charge < -0.3 is 10.6 Å². The molecule has 2 aromatic rings. The molecule has 1 atom stereocenters. The highest BCUT2D eigenvalue weighted by Gasteiger charge is 2.18. The van der Waals surface area contributed by atoms with Crippen LogP contribution in [0.3, 0.4) is 0 Å². The first-order valence-electron chi connectivity index (χ1n) is 7.78. The van der Waals surface area contributed by atoms with Crippen molar-refractivity contribution in [3.63, 3.8) is 0 Å². The summed E-state index contributed by atoms with van der Waals surface area (Å²) in [5, 5.41) is 8.54. The summed E-state index contributed by atoms with van der Waals surface area (Å²) in [4.78, 5) is 12.0. The molecule has 0 aliphatic heterocycles. The first-order valence-corrected chi connectivity index (χ1v) is 7.78. The van der Waals surface area contributed by atoms with Crippen LogP contribution in [0.15, 0.2) is 42.5 Å². The minimum Gasteiger partial charge on any atom is -0.335 e. The van der Waals surface area contributed by atoms with Crippen molar-refractivity contribution in [3.05, 3.63) is 48.0 Å². The summed E-state index contributed by atoms with van der Waals surface area (Å²) in [6.45, 7) is 2.03. The standard InChI is InChI=1S/C18H22N2O/c1-13(19-18(21)20-17-8-4-5-9-17)15-11-10-14-6-2-3-7-16(14)12-15/h2-3,6-7,10-13,17H,4-5,8-9H2,1H3,(H2,19,20,21)/t13-/m1/s1. The second kappa shape index (κ2) is 6.17. The lowest BCUT2D eigenvalue weighted by Crippen LogP contribution is -2.41. The third-order valence-corrected chi connectivity index (χ3v) is 4.31. The zero-order valence-electron chi connectivity index (χ0n) is 12.4. The van der Waals surface area contributed by atoms with E-state index in [4.69, 9.17) is 0 Å². The number of fused-ring (bicyclic) bond motifs is 1. The minimum atomic E-state index is -0.0532. The Kier molecular flexibility index (Phi) is 4.09. The molecule has 3 nitrogen and oxygen atoms in total. The van der Waals surface area contributed by atoms with Gasteiger partial charge in [-0.05, 0) is 42.2 Å². The van der Waals surface area contributed by atoms with Crippen LogP contribution in [-0.4, -0.2) is 12.1 Å². The van der Waals surface area contributed by atoms with Crippen LogP contribution in [0.4, 0.5) is 4.79 Å². The molecule has 1 aliphatic rings. The van der Waals surface area contributed by atoms with Crippen LogP contribution in [-0.2, 0) is 0 Å². The first kappa shape index (κ1) is 13.9. The van der Waals surface area contributed by atoms with Gasteiger partial charge in [0, 0.05) is 6.04 Å². The van der Waals surface area contributed by atoms with Crippen molar-refractivity contribution in [2.24, 2.45) is 0 Å². The molecule has 0 aromatic heterocycles. The zero-order valence-corrected chi connectivity index (χ0v) is 12.4. The summed E-state index contributed by atoms with van der Waals surface area (Å²) in [6.07, 6.45) is 4.67. The summed E-state index contributed by atoms with van der Waals surface area (Å²) in [5.41, 5.74) is 1.13. The Morgan fingerprint density at radius 3 is 2.57 bits per heavy atom. The largest absolute Gasteiger partial charge is 0.335 e. The molecule has 110 valence electrons. The van der Waals surface area contributed by atoms with Crippen LogP contribution in [0.2, 0.25) is 0 Å². The Balaban J connectivity index is 1.65. The highest BCUT2D eigenvalue weighted by molar-refractivity contribution is 5.83. The molecule has 3 heteroatoms. The molecule has 21 heavy (non-hydrogen) atoms. The number of carbonyl (C=O) groups excluding carboxylic acids is 1. The van der Waals surface area contributed by atoms with Gasteiger partial charge in [0.05, 0.1) is 6.04 Å². The third-order valence-electron chi connectivity index (χ3n) is 4.31. The van der Waals surface area contributed by atoms with Gasteiger partial charge in [-0.25, -0.2) is 4.79 Å². The Morgan fingerprint density at radius 2 is 1.81 bits per heavy atom.